The molecular formula is C20H32O2. The van der Waals surface area contributed by atoms with Gasteiger partial charge in [0.1, 0.15) is 13.2 Å². The number of rotatable bonds is 3. The molecule has 0 radical (unpaired) electrons. The van der Waals surface area contributed by atoms with Crippen LogP contribution in [0.2, 0.25) is 0 Å². The largest absolute Gasteiger partial charge is 0.232 e. The maximum Gasteiger partial charge on any atom is 0.103 e. The van der Waals surface area contributed by atoms with Gasteiger partial charge in [0.25, 0.3) is 0 Å². The van der Waals surface area contributed by atoms with Gasteiger partial charge in [-0.05, 0) is 66.8 Å². The minimum Gasteiger partial charge on any atom is -0.232 e. The Morgan fingerprint density at radius 3 is 2.77 bits per heavy atom. The van der Waals surface area contributed by atoms with Gasteiger partial charge >= 0.3 is 0 Å². The summed E-state index contributed by atoms with van der Waals surface area (Å²) in [4.78, 5) is 10.1. The van der Waals surface area contributed by atoms with E-state index in [9.17, 15) is 0 Å². The SMILES string of the molecule is C=C1CC[C@H]2C(C)(C)CCC[C@]2(C)[C@H]1CCC1=CCOOC1. The van der Waals surface area contributed by atoms with Gasteiger partial charge in [-0.2, -0.15) is 0 Å². The Balaban J connectivity index is 1.75. The Bertz CT molecular complexity index is 462. The maximum absolute atomic E-state index is 5.12. The monoisotopic (exact) mass is 304 g/mol. The number of allylic oxidation sites excluding steroid dienone is 1. The van der Waals surface area contributed by atoms with Gasteiger partial charge in [-0.15, -0.1) is 0 Å². The third kappa shape index (κ3) is 2.92. The molecule has 0 aromatic carbocycles. The molecule has 0 bridgehead atoms. The van der Waals surface area contributed by atoms with Crippen molar-refractivity contribution in [3.05, 3.63) is 23.8 Å². The van der Waals surface area contributed by atoms with Gasteiger partial charge in [-0.3, -0.25) is 0 Å². The summed E-state index contributed by atoms with van der Waals surface area (Å²) in [5.41, 5.74) is 3.85. The first-order chi connectivity index (χ1) is 10.4. The Kier molecular flexibility index (Phi) is 4.53. The van der Waals surface area contributed by atoms with E-state index < -0.39 is 0 Å². The third-order valence-corrected chi connectivity index (χ3v) is 6.84. The van der Waals surface area contributed by atoms with Crippen molar-refractivity contribution in [3.63, 3.8) is 0 Å². The molecule has 3 atom stereocenters. The molecule has 2 fully saturated rings. The van der Waals surface area contributed by atoms with Crippen LogP contribution in [-0.4, -0.2) is 13.2 Å². The Hall–Kier alpha value is -0.600. The highest BCUT2D eigenvalue weighted by Gasteiger charge is 2.52. The molecule has 22 heavy (non-hydrogen) atoms. The standard InChI is InChI=1S/C20H32O2/c1-15-6-9-18-19(2,3)11-5-12-20(18,4)17(15)8-7-16-10-13-21-22-14-16/h10,17-18H,1,5-9,11-14H2,2-4H3/t17-,18-,20+/m0/s1. The summed E-state index contributed by atoms with van der Waals surface area (Å²) in [7, 11) is 0. The highest BCUT2D eigenvalue weighted by molar-refractivity contribution is 5.17. The maximum atomic E-state index is 5.12. The highest BCUT2D eigenvalue weighted by Crippen LogP contribution is 2.61. The molecule has 1 heterocycles. The number of fused-ring (bicyclic) bond motifs is 1. The van der Waals surface area contributed by atoms with Crippen LogP contribution in [0.5, 0.6) is 0 Å². The second-order valence-electron chi connectivity index (χ2n) is 8.60. The van der Waals surface area contributed by atoms with Crippen LogP contribution in [0.25, 0.3) is 0 Å². The normalized spacial score (nSPS) is 38.3. The number of hydrogen-bond acceptors (Lipinski definition) is 2. The zero-order chi connectivity index (χ0) is 15.8. The van der Waals surface area contributed by atoms with Gasteiger partial charge in [-0.25, -0.2) is 9.78 Å². The molecule has 2 heteroatoms. The molecular weight excluding hydrogens is 272 g/mol. The molecule has 0 saturated heterocycles. The molecule has 0 unspecified atom stereocenters. The van der Waals surface area contributed by atoms with E-state index in [-0.39, 0.29) is 0 Å². The Labute approximate surface area is 135 Å². The van der Waals surface area contributed by atoms with Crippen LogP contribution < -0.4 is 0 Å². The minimum atomic E-state index is 0.448. The fourth-order valence-corrected chi connectivity index (χ4v) is 5.69. The summed E-state index contributed by atoms with van der Waals surface area (Å²) in [5, 5.41) is 0. The first kappa shape index (κ1) is 16.3. The topological polar surface area (TPSA) is 18.5 Å². The van der Waals surface area contributed by atoms with Gasteiger partial charge in [0.05, 0.1) is 0 Å². The van der Waals surface area contributed by atoms with Crippen molar-refractivity contribution in [1.82, 2.24) is 0 Å². The van der Waals surface area contributed by atoms with Crippen LogP contribution >= 0.6 is 0 Å². The van der Waals surface area contributed by atoms with Crippen LogP contribution in [0, 0.1) is 22.7 Å². The first-order valence-electron chi connectivity index (χ1n) is 9.03. The average molecular weight is 304 g/mol. The molecule has 2 aliphatic carbocycles. The van der Waals surface area contributed by atoms with Crippen LogP contribution in [0.1, 0.15) is 65.7 Å². The van der Waals surface area contributed by atoms with E-state index in [1.54, 1.807) is 0 Å². The molecule has 2 nitrogen and oxygen atoms in total. The van der Waals surface area contributed by atoms with E-state index in [0.717, 1.165) is 12.3 Å². The summed E-state index contributed by atoms with van der Waals surface area (Å²) in [5.74, 6) is 1.53. The van der Waals surface area contributed by atoms with Crippen molar-refractivity contribution in [3.8, 4) is 0 Å². The lowest BCUT2D eigenvalue weighted by Crippen LogP contribution is -2.49. The van der Waals surface area contributed by atoms with Crippen molar-refractivity contribution < 1.29 is 9.78 Å². The quantitative estimate of drug-likeness (QED) is 0.509. The van der Waals surface area contributed by atoms with E-state index in [2.05, 4.69) is 33.4 Å². The lowest BCUT2D eigenvalue weighted by Gasteiger charge is -2.58. The van der Waals surface area contributed by atoms with Crippen LogP contribution in [0.15, 0.2) is 23.8 Å². The highest BCUT2D eigenvalue weighted by atomic mass is 17.2. The summed E-state index contributed by atoms with van der Waals surface area (Å²) in [6.07, 6.45) is 11.3. The van der Waals surface area contributed by atoms with Crippen molar-refractivity contribution >= 4 is 0 Å². The van der Waals surface area contributed by atoms with E-state index in [4.69, 9.17) is 9.78 Å². The van der Waals surface area contributed by atoms with Gasteiger partial charge < -0.3 is 0 Å². The lowest BCUT2D eigenvalue weighted by atomic mass is 9.47. The van der Waals surface area contributed by atoms with Crippen molar-refractivity contribution in [2.45, 2.75) is 65.7 Å². The van der Waals surface area contributed by atoms with Crippen molar-refractivity contribution in [2.24, 2.45) is 22.7 Å². The summed E-state index contributed by atoms with van der Waals surface area (Å²) >= 11 is 0. The van der Waals surface area contributed by atoms with E-state index in [1.165, 1.54) is 49.7 Å². The molecule has 124 valence electrons. The summed E-state index contributed by atoms with van der Waals surface area (Å²) < 4.78 is 0. The number of hydrogen-bond donors (Lipinski definition) is 0. The summed E-state index contributed by atoms with van der Waals surface area (Å²) in [6, 6.07) is 0. The Morgan fingerprint density at radius 1 is 1.23 bits per heavy atom. The molecule has 0 aromatic heterocycles. The zero-order valence-electron chi connectivity index (χ0n) is 14.6. The Morgan fingerprint density at radius 2 is 2.05 bits per heavy atom. The third-order valence-electron chi connectivity index (χ3n) is 6.84. The van der Waals surface area contributed by atoms with Crippen molar-refractivity contribution in [1.29, 1.82) is 0 Å². The lowest BCUT2D eigenvalue weighted by molar-refractivity contribution is -0.286. The predicted molar refractivity (Wildman–Crippen MR) is 90.3 cm³/mol. The zero-order valence-corrected chi connectivity index (χ0v) is 14.6. The van der Waals surface area contributed by atoms with Gasteiger partial charge in [0, 0.05) is 0 Å². The smallest absolute Gasteiger partial charge is 0.103 e. The van der Waals surface area contributed by atoms with Gasteiger partial charge in [0.2, 0.25) is 0 Å². The molecule has 0 aromatic rings. The van der Waals surface area contributed by atoms with Gasteiger partial charge in [0.15, 0.2) is 0 Å². The molecule has 2 saturated carbocycles. The molecule has 0 spiro atoms. The van der Waals surface area contributed by atoms with E-state index >= 15 is 0 Å². The second kappa shape index (κ2) is 6.13. The fraction of sp³-hybridized carbons (Fsp3) is 0.800. The molecule has 3 rings (SSSR count). The van der Waals surface area contributed by atoms with E-state index in [1.807, 2.05) is 0 Å². The minimum absolute atomic E-state index is 0.448. The van der Waals surface area contributed by atoms with E-state index in [0.29, 0.717) is 30.0 Å². The van der Waals surface area contributed by atoms with Crippen LogP contribution in [0.4, 0.5) is 0 Å². The molecule has 0 N–H and O–H groups in total. The van der Waals surface area contributed by atoms with Gasteiger partial charge in [-0.1, -0.05) is 45.4 Å². The van der Waals surface area contributed by atoms with Crippen molar-refractivity contribution in [2.75, 3.05) is 13.2 Å². The average Bonchev–Trinajstić information content (AvgIpc) is 2.46. The molecule has 3 aliphatic rings. The molecule has 0 amide bonds. The predicted octanol–water partition coefficient (Wildman–Crippen LogP) is 5.45. The molecule has 1 aliphatic heterocycles. The van der Waals surface area contributed by atoms with Crippen LogP contribution in [-0.2, 0) is 9.78 Å². The summed E-state index contributed by atoms with van der Waals surface area (Å²) in [6.45, 7) is 13.3. The van der Waals surface area contributed by atoms with Crippen LogP contribution in [0.3, 0.4) is 0 Å². The first-order valence-corrected chi connectivity index (χ1v) is 9.03. The fourth-order valence-electron chi connectivity index (χ4n) is 5.69. The second-order valence-corrected chi connectivity index (χ2v) is 8.60.